The average molecular weight is 363 g/mol. The number of hydrogen-bond donors (Lipinski definition) is 2. The van der Waals surface area contributed by atoms with Gasteiger partial charge in [-0.2, -0.15) is 5.10 Å². The van der Waals surface area contributed by atoms with Crippen molar-refractivity contribution in [3.05, 3.63) is 30.0 Å². The van der Waals surface area contributed by atoms with Crippen LogP contribution in [-0.2, 0) is 11.8 Å². The van der Waals surface area contributed by atoms with Crippen LogP contribution in [0.15, 0.2) is 24.3 Å². The second-order valence-electron chi connectivity index (χ2n) is 6.22. The van der Waals surface area contributed by atoms with E-state index in [1.54, 1.807) is 52.5 Å². The molecule has 0 aliphatic heterocycles. The van der Waals surface area contributed by atoms with Crippen molar-refractivity contribution < 1.29 is 24.1 Å². The lowest BCUT2D eigenvalue weighted by molar-refractivity contribution is -0.0147. The van der Waals surface area contributed by atoms with Crippen LogP contribution in [0.1, 0.15) is 17.4 Å². The van der Waals surface area contributed by atoms with Gasteiger partial charge >= 0.3 is 0 Å². The minimum Gasteiger partial charge on any atom is -0.497 e. The van der Waals surface area contributed by atoms with E-state index in [9.17, 15) is 9.90 Å². The van der Waals surface area contributed by atoms with Gasteiger partial charge in [0.2, 0.25) is 0 Å². The Morgan fingerprint density at radius 3 is 2.62 bits per heavy atom. The number of carbonyl (C=O) groups excluding carboxylic acids is 1. The fourth-order valence-corrected chi connectivity index (χ4v) is 2.55. The number of benzene rings is 1. The molecule has 0 saturated carbocycles. The summed E-state index contributed by atoms with van der Waals surface area (Å²) in [6, 6.07) is 7.03. The van der Waals surface area contributed by atoms with Gasteiger partial charge in [-0.3, -0.25) is 9.48 Å². The molecule has 0 radical (unpaired) electrons. The predicted octanol–water partition coefficient (Wildman–Crippen LogP) is 1.23. The number of aryl methyl sites for hydroxylation is 1. The number of methoxy groups -OCH3 is 3. The zero-order valence-electron chi connectivity index (χ0n) is 15.7. The van der Waals surface area contributed by atoms with Gasteiger partial charge in [0.05, 0.1) is 26.5 Å². The number of nitrogens with one attached hydrogen (secondary N) is 1. The van der Waals surface area contributed by atoms with Crippen molar-refractivity contribution in [3.8, 4) is 22.8 Å². The molecule has 0 bridgehead atoms. The highest BCUT2D eigenvalue weighted by Gasteiger charge is 2.23. The molecular weight excluding hydrogens is 338 g/mol. The third-order valence-electron chi connectivity index (χ3n) is 3.88. The van der Waals surface area contributed by atoms with Crippen molar-refractivity contribution in [3.63, 3.8) is 0 Å². The van der Waals surface area contributed by atoms with Gasteiger partial charge < -0.3 is 24.6 Å². The number of nitrogens with zero attached hydrogens (tertiary/aromatic N) is 2. The standard InChI is InChI=1S/C18H25N3O5/c1-18(23,11-24-3)10-19-17(22)15-9-14(20-21(15)2)13-8-12(25-4)6-7-16(13)26-5/h6-9,23H,10-11H2,1-5H3,(H,19,22)/t18-/m0/s1. The smallest absolute Gasteiger partial charge is 0.269 e. The minimum atomic E-state index is -1.15. The summed E-state index contributed by atoms with van der Waals surface area (Å²) >= 11 is 0. The molecule has 1 aromatic carbocycles. The van der Waals surface area contributed by atoms with Crippen LogP contribution in [0.4, 0.5) is 0 Å². The first-order valence-electron chi connectivity index (χ1n) is 8.07. The topological polar surface area (TPSA) is 94.8 Å². The molecule has 1 heterocycles. The molecule has 1 atom stereocenters. The quantitative estimate of drug-likeness (QED) is 0.733. The van der Waals surface area contributed by atoms with Crippen molar-refractivity contribution in [2.75, 3.05) is 34.5 Å². The van der Waals surface area contributed by atoms with E-state index in [1.807, 2.05) is 0 Å². The van der Waals surface area contributed by atoms with E-state index >= 15 is 0 Å². The summed E-state index contributed by atoms with van der Waals surface area (Å²) in [5, 5.41) is 17.2. The molecule has 1 amide bonds. The third-order valence-corrected chi connectivity index (χ3v) is 3.88. The van der Waals surface area contributed by atoms with Crippen molar-refractivity contribution in [1.29, 1.82) is 0 Å². The molecule has 1 aromatic heterocycles. The summed E-state index contributed by atoms with van der Waals surface area (Å²) in [5.41, 5.74) is 0.505. The molecular formula is C18H25N3O5. The minimum absolute atomic E-state index is 0.0582. The Bertz CT molecular complexity index is 770. The number of amides is 1. The van der Waals surface area contributed by atoms with Crippen LogP contribution < -0.4 is 14.8 Å². The average Bonchev–Trinajstić information content (AvgIpc) is 3.00. The molecule has 0 aliphatic carbocycles. The van der Waals surface area contributed by atoms with Gasteiger partial charge in [0.15, 0.2) is 0 Å². The van der Waals surface area contributed by atoms with Crippen LogP contribution in [-0.4, -0.2) is 60.9 Å². The van der Waals surface area contributed by atoms with Gasteiger partial charge in [0.1, 0.15) is 22.8 Å². The summed E-state index contributed by atoms with van der Waals surface area (Å²) in [4.78, 5) is 12.5. The lowest BCUT2D eigenvalue weighted by Gasteiger charge is -2.22. The van der Waals surface area contributed by atoms with Crippen LogP contribution in [0, 0.1) is 0 Å². The highest BCUT2D eigenvalue weighted by Crippen LogP contribution is 2.32. The van der Waals surface area contributed by atoms with E-state index in [2.05, 4.69) is 10.4 Å². The number of ether oxygens (including phenoxy) is 3. The van der Waals surface area contributed by atoms with Gasteiger partial charge in [0.25, 0.3) is 5.91 Å². The van der Waals surface area contributed by atoms with Crippen molar-refractivity contribution in [1.82, 2.24) is 15.1 Å². The predicted molar refractivity (Wildman–Crippen MR) is 96.6 cm³/mol. The normalized spacial score (nSPS) is 13.2. The molecule has 8 heteroatoms. The Kier molecular flexibility index (Phi) is 6.23. The Morgan fingerprint density at radius 2 is 2.00 bits per heavy atom. The summed E-state index contributed by atoms with van der Waals surface area (Å²) in [6.45, 7) is 1.76. The number of aliphatic hydroxyl groups is 1. The first-order chi connectivity index (χ1) is 12.3. The van der Waals surface area contributed by atoms with E-state index in [0.717, 1.165) is 0 Å². The maximum absolute atomic E-state index is 12.5. The number of hydrogen-bond acceptors (Lipinski definition) is 6. The number of rotatable bonds is 8. The third kappa shape index (κ3) is 4.53. The summed E-state index contributed by atoms with van der Waals surface area (Å²) in [7, 11) is 6.32. The fraction of sp³-hybridized carbons (Fsp3) is 0.444. The van der Waals surface area contributed by atoms with Crippen LogP contribution in [0.2, 0.25) is 0 Å². The number of aromatic nitrogens is 2. The fourth-order valence-electron chi connectivity index (χ4n) is 2.55. The summed E-state index contributed by atoms with van der Waals surface area (Å²) in [5.74, 6) is 0.941. The Hall–Kier alpha value is -2.58. The van der Waals surface area contributed by atoms with Crippen molar-refractivity contribution >= 4 is 5.91 Å². The molecule has 0 aliphatic rings. The highest BCUT2D eigenvalue weighted by molar-refractivity contribution is 5.94. The largest absolute Gasteiger partial charge is 0.497 e. The lowest BCUT2D eigenvalue weighted by Crippen LogP contribution is -2.44. The molecule has 0 unspecified atom stereocenters. The second-order valence-corrected chi connectivity index (χ2v) is 6.22. The van der Waals surface area contributed by atoms with E-state index in [0.29, 0.717) is 28.5 Å². The van der Waals surface area contributed by atoms with Crippen LogP contribution in [0.25, 0.3) is 11.3 Å². The Morgan fingerprint density at radius 1 is 1.27 bits per heavy atom. The monoisotopic (exact) mass is 363 g/mol. The number of carbonyl (C=O) groups is 1. The molecule has 26 heavy (non-hydrogen) atoms. The van der Waals surface area contributed by atoms with Gasteiger partial charge in [-0.1, -0.05) is 0 Å². The lowest BCUT2D eigenvalue weighted by atomic mass is 10.1. The molecule has 2 aromatic rings. The van der Waals surface area contributed by atoms with E-state index in [1.165, 1.54) is 11.8 Å². The molecule has 0 saturated heterocycles. The van der Waals surface area contributed by atoms with Crippen molar-refractivity contribution in [2.24, 2.45) is 7.05 Å². The van der Waals surface area contributed by atoms with Gasteiger partial charge in [-0.25, -0.2) is 0 Å². The van der Waals surface area contributed by atoms with Gasteiger partial charge in [0, 0.05) is 26.3 Å². The Balaban J connectivity index is 2.25. The maximum atomic E-state index is 12.5. The second kappa shape index (κ2) is 8.20. The van der Waals surface area contributed by atoms with Crippen LogP contribution in [0.5, 0.6) is 11.5 Å². The first kappa shape index (κ1) is 19.7. The SMILES string of the molecule is COC[C@@](C)(O)CNC(=O)c1cc(-c2cc(OC)ccc2OC)nn1C. The summed E-state index contributed by atoms with van der Waals surface area (Å²) < 4.78 is 17.0. The van der Waals surface area contributed by atoms with Crippen molar-refractivity contribution in [2.45, 2.75) is 12.5 Å². The zero-order valence-corrected chi connectivity index (χ0v) is 15.7. The molecule has 142 valence electrons. The molecule has 2 rings (SSSR count). The molecule has 0 fully saturated rings. The van der Waals surface area contributed by atoms with E-state index < -0.39 is 5.60 Å². The molecule has 2 N–H and O–H groups in total. The van der Waals surface area contributed by atoms with Crippen LogP contribution >= 0.6 is 0 Å². The van der Waals surface area contributed by atoms with E-state index in [4.69, 9.17) is 14.2 Å². The Labute approximate surface area is 152 Å². The zero-order chi connectivity index (χ0) is 19.3. The van der Waals surface area contributed by atoms with Gasteiger partial charge in [-0.05, 0) is 31.2 Å². The molecule has 8 nitrogen and oxygen atoms in total. The van der Waals surface area contributed by atoms with E-state index in [-0.39, 0.29) is 19.1 Å². The first-order valence-corrected chi connectivity index (χ1v) is 8.07. The van der Waals surface area contributed by atoms with Gasteiger partial charge in [-0.15, -0.1) is 0 Å². The maximum Gasteiger partial charge on any atom is 0.269 e. The van der Waals surface area contributed by atoms with Crippen LogP contribution in [0.3, 0.4) is 0 Å². The summed E-state index contributed by atoms with van der Waals surface area (Å²) in [6.07, 6.45) is 0. The molecule has 0 spiro atoms. The highest BCUT2D eigenvalue weighted by atomic mass is 16.5.